The maximum absolute atomic E-state index is 4.72. The molecule has 0 amide bonds. The number of nitrogens with zero attached hydrogens (tertiary/aromatic N) is 2. The zero-order chi connectivity index (χ0) is 15.2. The summed E-state index contributed by atoms with van der Waals surface area (Å²) >= 11 is 0. The molecule has 0 N–H and O–H groups in total. The SMILES string of the molecule is [CH2][C]1N(c2ccccc2C)c2ncccc2C12CCCCC2. The van der Waals surface area contributed by atoms with Crippen LogP contribution in [0.25, 0.3) is 0 Å². The highest BCUT2D eigenvalue weighted by molar-refractivity contribution is 5.77. The van der Waals surface area contributed by atoms with Crippen molar-refractivity contribution in [3.05, 3.63) is 66.7 Å². The second kappa shape index (κ2) is 5.12. The molecule has 1 aromatic carbocycles. The van der Waals surface area contributed by atoms with Crippen molar-refractivity contribution in [2.75, 3.05) is 4.90 Å². The largest absolute Gasteiger partial charge is 0.316 e. The van der Waals surface area contributed by atoms with E-state index in [1.54, 1.807) is 0 Å². The Kier molecular flexibility index (Phi) is 3.21. The number of benzene rings is 1. The first kappa shape index (κ1) is 13.8. The van der Waals surface area contributed by atoms with E-state index in [2.05, 4.69) is 55.1 Å². The van der Waals surface area contributed by atoms with Gasteiger partial charge >= 0.3 is 0 Å². The smallest absolute Gasteiger partial charge is 0.137 e. The molecule has 0 unspecified atom stereocenters. The summed E-state index contributed by atoms with van der Waals surface area (Å²) in [5, 5.41) is 0. The number of hydrogen-bond acceptors (Lipinski definition) is 2. The van der Waals surface area contributed by atoms with Gasteiger partial charge in [0.25, 0.3) is 0 Å². The fourth-order valence-corrected chi connectivity index (χ4v) is 4.23. The molecule has 1 aliphatic carbocycles. The minimum absolute atomic E-state index is 0.101. The lowest BCUT2D eigenvalue weighted by Gasteiger charge is -2.39. The van der Waals surface area contributed by atoms with Crippen molar-refractivity contribution in [3.8, 4) is 0 Å². The van der Waals surface area contributed by atoms with E-state index in [0.717, 1.165) is 5.82 Å². The third kappa shape index (κ3) is 1.83. The molecule has 4 rings (SSSR count). The molecule has 1 aliphatic heterocycles. The summed E-state index contributed by atoms with van der Waals surface area (Å²) in [4.78, 5) is 7.02. The van der Waals surface area contributed by atoms with E-state index in [0.29, 0.717) is 0 Å². The molecule has 0 atom stereocenters. The van der Waals surface area contributed by atoms with Crippen molar-refractivity contribution in [2.24, 2.45) is 0 Å². The maximum atomic E-state index is 4.72. The van der Waals surface area contributed by atoms with Gasteiger partial charge in [-0.25, -0.2) is 4.98 Å². The number of aromatic nitrogens is 1. The Labute approximate surface area is 133 Å². The van der Waals surface area contributed by atoms with Crippen LogP contribution >= 0.6 is 0 Å². The lowest BCUT2D eigenvalue weighted by molar-refractivity contribution is 0.324. The van der Waals surface area contributed by atoms with Crippen molar-refractivity contribution in [1.82, 2.24) is 4.98 Å². The van der Waals surface area contributed by atoms with Crippen LogP contribution in [0.2, 0.25) is 0 Å². The van der Waals surface area contributed by atoms with Crippen LogP contribution in [0, 0.1) is 19.9 Å². The number of pyridine rings is 1. The Hall–Kier alpha value is -1.83. The van der Waals surface area contributed by atoms with Crippen LogP contribution in [0.4, 0.5) is 11.5 Å². The number of hydrogen-bond donors (Lipinski definition) is 0. The molecule has 1 saturated carbocycles. The van der Waals surface area contributed by atoms with Gasteiger partial charge in [0.05, 0.1) is 6.04 Å². The fourth-order valence-electron chi connectivity index (χ4n) is 4.23. The van der Waals surface area contributed by atoms with Gasteiger partial charge in [-0.1, -0.05) is 43.5 Å². The summed E-state index contributed by atoms with van der Waals surface area (Å²) in [6.45, 7) is 6.69. The Balaban J connectivity index is 1.89. The molecule has 0 bridgehead atoms. The van der Waals surface area contributed by atoms with Gasteiger partial charge in [-0.15, -0.1) is 0 Å². The first-order valence-electron chi connectivity index (χ1n) is 8.25. The van der Waals surface area contributed by atoms with Crippen LogP contribution < -0.4 is 4.90 Å². The lowest BCUT2D eigenvalue weighted by atomic mass is 9.67. The average molecular weight is 290 g/mol. The van der Waals surface area contributed by atoms with Crippen LogP contribution in [0.15, 0.2) is 42.6 Å². The molecule has 1 aromatic heterocycles. The summed E-state index contributed by atoms with van der Waals surface area (Å²) in [5.41, 5.74) is 3.97. The third-order valence-electron chi connectivity index (χ3n) is 5.40. The minimum Gasteiger partial charge on any atom is -0.316 e. The van der Waals surface area contributed by atoms with Gasteiger partial charge in [0.2, 0.25) is 0 Å². The monoisotopic (exact) mass is 290 g/mol. The molecular weight excluding hydrogens is 268 g/mol. The summed E-state index contributed by atoms with van der Waals surface area (Å²) in [5.74, 6) is 1.09. The van der Waals surface area contributed by atoms with E-state index >= 15 is 0 Å². The van der Waals surface area contributed by atoms with Crippen LogP contribution in [0.3, 0.4) is 0 Å². The Morgan fingerprint density at radius 3 is 2.59 bits per heavy atom. The second-order valence-electron chi connectivity index (χ2n) is 6.59. The normalized spacial score (nSPS) is 20.4. The van der Waals surface area contributed by atoms with E-state index in [9.17, 15) is 0 Å². The standard InChI is InChI=1S/C20H22N2/c1-15-9-4-5-11-18(15)22-16(2)20(12-6-3-7-13-20)17-10-8-14-21-19(17)22/h4-5,8-11,14H,2-3,6-7,12-13H2,1H3. The highest BCUT2D eigenvalue weighted by atomic mass is 15.3. The quantitative estimate of drug-likeness (QED) is 0.725. The fraction of sp³-hybridized carbons (Fsp3) is 0.350. The number of fused-ring (bicyclic) bond motifs is 2. The van der Waals surface area contributed by atoms with Crippen molar-refractivity contribution < 1.29 is 0 Å². The van der Waals surface area contributed by atoms with Gasteiger partial charge in [-0.2, -0.15) is 0 Å². The Morgan fingerprint density at radius 1 is 1.05 bits per heavy atom. The molecule has 1 fully saturated rings. The van der Waals surface area contributed by atoms with Crippen molar-refractivity contribution in [2.45, 2.75) is 44.4 Å². The Morgan fingerprint density at radius 2 is 1.82 bits per heavy atom. The summed E-state index contributed by atoms with van der Waals surface area (Å²) in [6, 6.07) is 14.1. The molecule has 2 heteroatoms. The third-order valence-corrected chi connectivity index (χ3v) is 5.40. The van der Waals surface area contributed by atoms with Crippen LogP contribution in [0.5, 0.6) is 0 Å². The predicted octanol–water partition coefficient (Wildman–Crippen LogP) is 5.11. The molecule has 0 saturated heterocycles. The summed E-state index contributed by atoms with van der Waals surface area (Å²) < 4.78 is 0. The highest BCUT2D eigenvalue weighted by Crippen LogP contribution is 2.57. The van der Waals surface area contributed by atoms with Gasteiger partial charge < -0.3 is 4.90 Å². The van der Waals surface area contributed by atoms with Gasteiger partial charge in [0.15, 0.2) is 0 Å². The molecule has 2 radical (unpaired) electrons. The van der Waals surface area contributed by atoms with Crippen molar-refractivity contribution >= 4 is 11.5 Å². The number of rotatable bonds is 1. The summed E-state index contributed by atoms with van der Waals surface area (Å²) in [7, 11) is 0. The molecule has 2 aromatic rings. The van der Waals surface area contributed by atoms with Crippen LogP contribution in [-0.2, 0) is 5.41 Å². The second-order valence-corrected chi connectivity index (χ2v) is 6.59. The number of aryl methyl sites for hydroxylation is 1. The zero-order valence-corrected chi connectivity index (χ0v) is 13.2. The zero-order valence-electron chi connectivity index (χ0n) is 13.2. The van der Waals surface area contributed by atoms with Crippen LogP contribution in [0.1, 0.15) is 43.2 Å². The number of anilines is 2. The topological polar surface area (TPSA) is 16.1 Å². The highest BCUT2D eigenvalue weighted by Gasteiger charge is 2.51. The van der Waals surface area contributed by atoms with E-state index in [-0.39, 0.29) is 5.41 Å². The van der Waals surface area contributed by atoms with E-state index in [1.807, 2.05) is 6.20 Å². The van der Waals surface area contributed by atoms with Gasteiger partial charge in [-0.3, -0.25) is 0 Å². The first-order valence-corrected chi connectivity index (χ1v) is 8.25. The Bertz CT molecular complexity index is 686. The van der Waals surface area contributed by atoms with Gasteiger partial charge in [0.1, 0.15) is 5.82 Å². The average Bonchev–Trinajstić information content (AvgIpc) is 2.79. The van der Waals surface area contributed by atoms with Crippen LogP contribution in [-0.4, -0.2) is 4.98 Å². The maximum Gasteiger partial charge on any atom is 0.137 e. The van der Waals surface area contributed by atoms with E-state index < -0.39 is 0 Å². The molecule has 2 nitrogen and oxygen atoms in total. The molecule has 2 aliphatic rings. The summed E-state index contributed by atoms with van der Waals surface area (Å²) in [6.07, 6.45) is 8.22. The molecule has 1 spiro atoms. The molecule has 22 heavy (non-hydrogen) atoms. The predicted molar refractivity (Wildman–Crippen MR) is 90.9 cm³/mol. The molecule has 112 valence electrons. The van der Waals surface area contributed by atoms with E-state index in [4.69, 9.17) is 4.98 Å². The molecule has 2 heterocycles. The minimum atomic E-state index is 0.101. The van der Waals surface area contributed by atoms with Gasteiger partial charge in [0, 0.05) is 22.9 Å². The number of para-hydroxylation sites is 1. The first-order chi connectivity index (χ1) is 10.7. The van der Waals surface area contributed by atoms with Gasteiger partial charge in [-0.05, 0) is 44.4 Å². The van der Waals surface area contributed by atoms with Crippen molar-refractivity contribution in [1.29, 1.82) is 0 Å². The molecular formula is C20H22N2. The lowest BCUT2D eigenvalue weighted by Crippen LogP contribution is -2.36. The van der Waals surface area contributed by atoms with Crippen molar-refractivity contribution in [3.63, 3.8) is 0 Å². The van der Waals surface area contributed by atoms with E-state index in [1.165, 1.54) is 55.0 Å².